The van der Waals surface area contributed by atoms with E-state index < -0.39 is 0 Å². The minimum atomic E-state index is -0.321. The van der Waals surface area contributed by atoms with Crippen LogP contribution < -0.4 is 15.8 Å². The van der Waals surface area contributed by atoms with Gasteiger partial charge in [0.2, 0.25) is 5.91 Å². The van der Waals surface area contributed by atoms with Crippen molar-refractivity contribution in [2.45, 2.75) is 40.0 Å². The van der Waals surface area contributed by atoms with Crippen LogP contribution in [0.5, 0.6) is 5.75 Å². The Labute approximate surface area is 210 Å². The summed E-state index contributed by atoms with van der Waals surface area (Å²) in [5.74, 6) is 0.136. The van der Waals surface area contributed by atoms with Crippen LogP contribution in [0.25, 0.3) is 22.1 Å². The summed E-state index contributed by atoms with van der Waals surface area (Å²) in [5, 5.41) is 3.76. The molecule has 1 aromatic heterocycles. The third-order valence-corrected chi connectivity index (χ3v) is 5.79. The fourth-order valence-electron chi connectivity index (χ4n) is 4.05. The first kappa shape index (κ1) is 25.0. The summed E-state index contributed by atoms with van der Waals surface area (Å²) in [6.07, 6.45) is 1.77. The van der Waals surface area contributed by atoms with E-state index in [0.717, 1.165) is 44.3 Å². The maximum Gasteiger partial charge on any atom is 0.310 e. The summed E-state index contributed by atoms with van der Waals surface area (Å²) in [4.78, 5) is 23.5. The molecule has 0 radical (unpaired) electrons. The summed E-state index contributed by atoms with van der Waals surface area (Å²) in [5.41, 5.74) is 12.2. The van der Waals surface area contributed by atoms with Gasteiger partial charge in [-0.3, -0.25) is 9.59 Å². The average molecular weight is 487 g/mol. The number of fused-ring (bicyclic) bond motifs is 1. The van der Waals surface area contributed by atoms with E-state index >= 15 is 0 Å². The van der Waals surface area contributed by atoms with E-state index in [1.54, 1.807) is 13.2 Å². The normalized spacial score (nSPS) is 10.9. The first-order chi connectivity index (χ1) is 17.5. The van der Waals surface area contributed by atoms with Gasteiger partial charge in [0.25, 0.3) is 0 Å². The highest BCUT2D eigenvalue weighted by atomic mass is 16.5. The smallest absolute Gasteiger partial charge is 0.310 e. The molecule has 1 amide bonds. The largest absolute Gasteiger partial charge is 0.489 e. The Balaban J connectivity index is 1.63. The molecule has 4 rings (SSSR count). The summed E-state index contributed by atoms with van der Waals surface area (Å²) in [7, 11) is 0. The van der Waals surface area contributed by atoms with Gasteiger partial charge >= 0.3 is 5.97 Å². The van der Waals surface area contributed by atoms with Crippen LogP contribution in [0.3, 0.4) is 0 Å². The van der Waals surface area contributed by atoms with Gasteiger partial charge in [-0.05, 0) is 59.5 Å². The Morgan fingerprint density at radius 2 is 1.86 bits per heavy atom. The molecule has 7 nitrogen and oxygen atoms in total. The van der Waals surface area contributed by atoms with Crippen molar-refractivity contribution in [1.29, 1.82) is 0 Å². The van der Waals surface area contributed by atoms with Crippen molar-refractivity contribution >= 4 is 22.8 Å². The van der Waals surface area contributed by atoms with E-state index in [0.29, 0.717) is 25.4 Å². The fourth-order valence-corrected chi connectivity index (χ4v) is 4.05. The quantitative estimate of drug-likeness (QED) is 0.310. The predicted molar refractivity (Wildman–Crippen MR) is 138 cm³/mol. The second-order valence-corrected chi connectivity index (χ2v) is 8.51. The number of carbonyl (C=O) groups is 2. The molecule has 0 atom stereocenters. The van der Waals surface area contributed by atoms with Crippen LogP contribution in [-0.4, -0.2) is 18.5 Å². The maximum atomic E-state index is 12.2. The maximum absolute atomic E-state index is 12.2. The number of nitrogens with one attached hydrogen (secondary N) is 1. The monoisotopic (exact) mass is 486 g/mol. The topological polar surface area (TPSA) is 104 Å². The second kappa shape index (κ2) is 11.6. The van der Waals surface area contributed by atoms with Crippen LogP contribution in [0, 0.1) is 0 Å². The van der Waals surface area contributed by atoms with Gasteiger partial charge in [0, 0.05) is 36.5 Å². The van der Waals surface area contributed by atoms with E-state index in [-0.39, 0.29) is 24.9 Å². The van der Waals surface area contributed by atoms with Gasteiger partial charge < -0.3 is 24.9 Å². The van der Waals surface area contributed by atoms with Gasteiger partial charge in [-0.2, -0.15) is 0 Å². The van der Waals surface area contributed by atoms with Gasteiger partial charge in [-0.1, -0.05) is 30.3 Å². The van der Waals surface area contributed by atoms with E-state index in [1.165, 1.54) is 6.92 Å². The first-order valence-electron chi connectivity index (χ1n) is 11.9. The molecule has 0 bridgehead atoms. The van der Waals surface area contributed by atoms with Crippen LogP contribution in [-0.2, 0) is 40.4 Å². The molecule has 0 aliphatic heterocycles. The average Bonchev–Trinajstić information content (AvgIpc) is 3.35. The Morgan fingerprint density at radius 3 is 2.64 bits per heavy atom. The van der Waals surface area contributed by atoms with Crippen molar-refractivity contribution in [2.75, 3.05) is 6.61 Å². The van der Waals surface area contributed by atoms with Crippen LogP contribution in [0.4, 0.5) is 0 Å². The van der Waals surface area contributed by atoms with Gasteiger partial charge in [0.1, 0.15) is 17.9 Å². The summed E-state index contributed by atoms with van der Waals surface area (Å²) in [6.45, 7) is 4.67. The number of carbonyl (C=O) groups excluding carboxylic acids is 2. The molecule has 1 heterocycles. The Morgan fingerprint density at radius 1 is 1.00 bits per heavy atom. The Kier molecular flexibility index (Phi) is 8.02. The second-order valence-electron chi connectivity index (χ2n) is 8.51. The lowest BCUT2D eigenvalue weighted by atomic mass is 9.99. The van der Waals surface area contributed by atoms with E-state index in [9.17, 15) is 9.59 Å². The molecule has 0 unspecified atom stereocenters. The van der Waals surface area contributed by atoms with Gasteiger partial charge in [-0.25, -0.2) is 0 Å². The molecule has 0 saturated carbocycles. The zero-order chi connectivity index (χ0) is 25.5. The van der Waals surface area contributed by atoms with Gasteiger partial charge in [-0.15, -0.1) is 0 Å². The number of benzene rings is 3. The van der Waals surface area contributed by atoms with Crippen molar-refractivity contribution in [2.24, 2.45) is 5.73 Å². The first-order valence-corrected chi connectivity index (χ1v) is 11.9. The van der Waals surface area contributed by atoms with Crippen molar-refractivity contribution in [3.63, 3.8) is 0 Å². The minimum Gasteiger partial charge on any atom is -0.489 e. The standard InChI is InChI=1S/C29H30N2O5/c1-3-34-28(33)15-24-8-7-21(17-31-19(2)32)14-27(24)36-18-22-12-25-9-10-35-29(25)26(13-22)23-6-4-5-20(11-23)16-30/h4-14H,3,15-18,30H2,1-2H3,(H,31,32). The van der Waals surface area contributed by atoms with Crippen molar-refractivity contribution < 1.29 is 23.5 Å². The molecule has 4 aromatic rings. The van der Waals surface area contributed by atoms with Crippen LogP contribution >= 0.6 is 0 Å². The Hall–Kier alpha value is -4.10. The van der Waals surface area contributed by atoms with E-state index in [4.69, 9.17) is 19.6 Å². The molecule has 3 N–H and O–H groups in total. The Bertz CT molecular complexity index is 1380. The molecule has 36 heavy (non-hydrogen) atoms. The number of furan rings is 1. The molecule has 3 aromatic carbocycles. The molecule has 0 spiro atoms. The zero-order valence-electron chi connectivity index (χ0n) is 20.5. The highest BCUT2D eigenvalue weighted by Crippen LogP contribution is 2.32. The third kappa shape index (κ3) is 6.12. The lowest BCUT2D eigenvalue weighted by Gasteiger charge is -2.15. The molecule has 186 valence electrons. The number of rotatable bonds is 10. The van der Waals surface area contributed by atoms with Crippen molar-refractivity contribution in [3.8, 4) is 16.9 Å². The van der Waals surface area contributed by atoms with Gasteiger partial charge in [0.15, 0.2) is 0 Å². The molecule has 0 saturated heterocycles. The summed E-state index contributed by atoms with van der Waals surface area (Å²) < 4.78 is 17.1. The number of hydrogen-bond acceptors (Lipinski definition) is 6. The van der Waals surface area contributed by atoms with Crippen molar-refractivity contribution in [1.82, 2.24) is 5.32 Å². The fraction of sp³-hybridized carbons (Fsp3) is 0.241. The number of nitrogens with two attached hydrogens (primary N) is 1. The van der Waals surface area contributed by atoms with Crippen LogP contribution in [0.1, 0.15) is 36.1 Å². The van der Waals surface area contributed by atoms with Gasteiger partial charge in [0.05, 0.1) is 19.3 Å². The number of hydrogen-bond donors (Lipinski definition) is 2. The highest BCUT2D eigenvalue weighted by molar-refractivity contribution is 5.93. The SMILES string of the molecule is CCOC(=O)Cc1ccc(CNC(C)=O)cc1OCc1cc(-c2cccc(CN)c2)c2occc2c1. The van der Waals surface area contributed by atoms with Crippen LogP contribution in [0.15, 0.2) is 71.3 Å². The molecular weight excluding hydrogens is 456 g/mol. The molecular formula is C29H30N2O5. The molecule has 0 fully saturated rings. The van der Waals surface area contributed by atoms with E-state index in [1.807, 2.05) is 54.6 Å². The van der Waals surface area contributed by atoms with E-state index in [2.05, 4.69) is 11.4 Å². The number of esters is 1. The summed E-state index contributed by atoms with van der Waals surface area (Å²) in [6, 6.07) is 19.6. The number of ether oxygens (including phenoxy) is 2. The lowest BCUT2D eigenvalue weighted by Crippen LogP contribution is -2.19. The predicted octanol–water partition coefficient (Wildman–Crippen LogP) is 4.88. The minimum absolute atomic E-state index is 0.0987. The molecule has 0 aliphatic rings. The number of amides is 1. The third-order valence-electron chi connectivity index (χ3n) is 5.79. The molecule has 0 aliphatic carbocycles. The molecule has 7 heteroatoms. The van der Waals surface area contributed by atoms with Crippen LogP contribution in [0.2, 0.25) is 0 Å². The zero-order valence-corrected chi connectivity index (χ0v) is 20.5. The highest BCUT2D eigenvalue weighted by Gasteiger charge is 2.14. The van der Waals surface area contributed by atoms with Crippen molar-refractivity contribution in [3.05, 3.63) is 89.2 Å². The lowest BCUT2D eigenvalue weighted by molar-refractivity contribution is -0.142. The summed E-state index contributed by atoms with van der Waals surface area (Å²) >= 11 is 0.